The Hall–Kier alpha value is -1.54. The average Bonchev–Trinajstić information content (AvgIpc) is 2.61. The second-order valence-electron chi connectivity index (χ2n) is 5.50. The first-order valence-electron chi connectivity index (χ1n) is 7.79. The molecule has 2 aromatic carbocycles. The summed E-state index contributed by atoms with van der Waals surface area (Å²) in [6.07, 6.45) is 0. The molecule has 7 nitrogen and oxygen atoms in total. The molecule has 0 saturated heterocycles. The summed E-state index contributed by atoms with van der Waals surface area (Å²) in [4.78, 5) is 23.7. The minimum atomic E-state index is -0.488. The second-order valence-corrected chi connectivity index (χ2v) is 5.50. The number of carbonyl (C=O) groups excluding carboxylic acids is 2. The van der Waals surface area contributed by atoms with E-state index in [9.17, 15) is 9.59 Å². The molecule has 0 heterocycles. The van der Waals surface area contributed by atoms with E-state index in [1.165, 1.54) is 0 Å². The van der Waals surface area contributed by atoms with Crippen molar-refractivity contribution in [3.05, 3.63) is 73.2 Å². The maximum atomic E-state index is 11.9. The predicted octanol–water partition coefficient (Wildman–Crippen LogP) is -0.576. The summed E-state index contributed by atoms with van der Waals surface area (Å²) >= 11 is 0. The smallest absolute Gasteiger partial charge is 0.384 e. The van der Waals surface area contributed by atoms with Crippen LogP contribution in [0.4, 0.5) is 10.5 Å². The summed E-state index contributed by atoms with van der Waals surface area (Å²) in [6, 6.07) is 15.5. The largest absolute Gasteiger partial charge is 1.00 e. The van der Waals surface area contributed by atoms with E-state index in [0.717, 1.165) is 5.56 Å². The maximum absolute atomic E-state index is 11.9. The topological polar surface area (TPSA) is 120 Å². The van der Waals surface area contributed by atoms with Crippen LogP contribution in [-0.4, -0.2) is 24.3 Å². The average molecular weight is 440 g/mol. The van der Waals surface area contributed by atoms with Gasteiger partial charge in [0.2, 0.25) is 5.91 Å². The summed E-state index contributed by atoms with van der Waals surface area (Å²) in [6.45, 7) is 1.75. The first-order valence-corrected chi connectivity index (χ1v) is 7.79. The molecular formula is C19H24N5O2Rb. The zero-order valence-electron chi connectivity index (χ0n) is 15.9. The Kier molecular flexibility index (Phi) is 12.0. The summed E-state index contributed by atoms with van der Waals surface area (Å²) in [5.41, 5.74) is 7.47. The van der Waals surface area contributed by atoms with Gasteiger partial charge in [-0.25, -0.2) is 4.79 Å². The van der Waals surface area contributed by atoms with Crippen LogP contribution in [0.1, 0.15) is 24.1 Å². The molecule has 0 aliphatic carbocycles. The minimum absolute atomic E-state index is 0. The molecule has 0 bridgehead atoms. The standard InChI is InChI=1S/C18H21N5O2.CH3.Rb/c1-12(13-5-3-2-4-6-13)22-16(24)11-21-18(25)23-15-9-7-14(8-10-15)17(19)20;;/h2-10,12H,11H2,1H3,(H3,19,20)(H,22,24)(H2,21,23,25);1H3;/q;-1;+1. The second kappa shape index (κ2) is 12.8. The molecule has 138 valence electrons. The fraction of sp³-hybridized carbons (Fsp3) is 0.158. The molecule has 2 rings (SSSR count). The quantitative estimate of drug-likeness (QED) is 0.235. The van der Waals surface area contributed by atoms with Crippen molar-refractivity contribution in [3.8, 4) is 0 Å². The third kappa shape index (κ3) is 8.79. The van der Waals surface area contributed by atoms with E-state index >= 15 is 0 Å². The van der Waals surface area contributed by atoms with E-state index in [2.05, 4.69) is 16.0 Å². The molecule has 0 fully saturated rings. The molecule has 3 amide bonds. The van der Waals surface area contributed by atoms with Gasteiger partial charge < -0.3 is 29.1 Å². The van der Waals surface area contributed by atoms with Crippen LogP contribution in [0.5, 0.6) is 0 Å². The van der Waals surface area contributed by atoms with E-state index in [1.807, 2.05) is 37.3 Å². The van der Waals surface area contributed by atoms with Gasteiger partial charge in [-0.15, -0.1) is 0 Å². The van der Waals surface area contributed by atoms with Crippen LogP contribution in [-0.2, 0) is 4.79 Å². The van der Waals surface area contributed by atoms with Gasteiger partial charge in [0.25, 0.3) is 0 Å². The van der Waals surface area contributed by atoms with Crippen LogP contribution in [0.15, 0.2) is 54.6 Å². The molecule has 1 atom stereocenters. The predicted molar refractivity (Wildman–Crippen MR) is 104 cm³/mol. The van der Waals surface area contributed by atoms with Crippen LogP contribution < -0.4 is 79.9 Å². The van der Waals surface area contributed by atoms with Crippen molar-refractivity contribution < 1.29 is 67.8 Å². The number of nitrogen functional groups attached to an aromatic ring is 1. The Morgan fingerprint density at radius 2 is 1.67 bits per heavy atom. The Morgan fingerprint density at radius 3 is 2.22 bits per heavy atom. The van der Waals surface area contributed by atoms with Crippen molar-refractivity contribution in [2.45, 2.75) is 13.0 Å². The molecular weight excluding hydrogens is 416 g/mol. The fourth-order valence-corrected chi connectivity index (χ4v) is 2.19. The molecule has 0 saturated carbocycles. The zero-order valence-corrected chi connectivity index (χ0v) is 20.8. The molecule has 0 radical (unpaired) electrons. The van der Waals surface area contributed by atoms with Crippen LogP contribution >= 0.6 is 0 Å². The van der Waals surface area contributed by atoms with E-state index < -0.39 is 6.03 Å². The number of nitrogens with two attached hydrogens (primary N) is 1. The van der Waals surface area contributed by atoms with Crippen LogP contribution in [0.25, 0.3) is 0 Å². The fourth-order valence-electron chi connectivity index (χ4n) is 2.19. The number of amidine groups is 1. The monoisotopic (exact) mass is 439 g/mol. The Bertz CT molecular complexity index is 750. The van der Waals surface area contributed by atoms with E-state index in [-0.39, 0.29) is 89.9 Å². The van der Waals surface area contributed by atoms with Crippen molar-refractivity contribution in [1.82, 2.24) is 10.6 Å². The number of urea groups is 1. The minimum Gasteiger partial charge on any atom is -0.384 e. The Labute approximate surface area is 208 Å². The number of hydrogen-bond donors (Lipinski definition) is 5. The normalized spacial score (nSPS) is 10.4. The number of benzene rings is 2. The molecule has 0 aromatic heterocycles. The number of rotatable bonds is 6. The van der Waals surface area contributed by atoms with Crippen molar-refractivity contribution in [3.63, 3.8) is 0 Å². The van der Waals surface area contributed by atoms with E-state index in [4.69, 9.17) is 11.1 Å². The zero-order chi connectivity index (χ0) is 18.2. The molecule has 6 N–H and O–H groups in total. The van der Waals surface area contributed by atoms with E-state index in [1.54, 1.807) is 24.3 Å². The van der Waals surface area contributed by atoms with Crippen LogP contribution in [0.3, 0.4) is 0 Å². The number of carbonyl (C=O) groups is 2. The summed E-state index contributed by atoms with van der Waals surface area (Å²) in [5.74, 6) is -0.321. The first-order chi connectivity index (χ1) is 12.0. The van der Waals surface area contributed by atoms with Crippen molar-refractivity contribution in [2.75, 3.05) is 11.9 Å². The molecule has 1 unspecified atom stereocenters. The molecule has 0 aliphatic rings. The SMILES string of the molecule is CC(NC(=O)CNC(=O)Nc1ccc(C(=N)N)cc1)c1ccccc1.[CH3-].[Rb+]. The molecule has 0 spiro atoms. The summed E-state index contributed by atoms with van der Waals surface area (Å²) in [5, 5.41) is 15.2. The molecule has 27 heavy (non-hydrogen) atoms. The van der Waals surface area contributed by atoms with Gasteiger partial charge in [0.1, 0.15) is 5.84 Å². The number of amides is 3. The number of nitrogens with one attached hydrogen (secondary N) is 4. The van der Waals surface area contributed by atoms with Gasteiger partial charge in [0.05, 0.1) is 12.6 Å². The van der Waals surface area contributed by atoms with Crippen molar-refractivity contribution in [2.24, 2.45) is 5.73 Å². The Morgan fingerprint density at radius 1 is 1.07 bits per heavy atom. The van der Waals surface area contributed by atoms with Gasteiger partial charge in [-0.3, -0.25) is 10.2 Å². The Balaban J connectivity index is 0.00000338. The van der Waals surface area contributed by atoms with Gasteiger partial charge in [-0.05, 0) is 36.8 Å². The molecule has 0 aliphatic heterocycles. The van der Waals surface area contributed by atoms with Gasteiger partial charge in [-0.1, -0.05) is 30.3 Å². The van der Waals surface area contributed by atoms with Crippen molar-refractivity contribution >= 4 is 23.5 Å². The van der Waals surface area contributed by atoms with Gasteiger partial charge in [0, 0.05) is 11.3 Å². The number of anilines is 1. The summed E-state index contributed by atoms with van der Waals surface area (Å²) < 4.78 is 0. The molecule has 8 heteroatoms. The van der Waals surface area contributed by atoms with Crippen LogP contribution in [0.2, 0.25) is 0 Å². The third-order valence-corrected chi connectivity index (χ3v) is 3.54. The third-order valence-electron chi connectivity index (χ3n) is 3.54. The van der Waals surface area contributed by atoms with Crippen LogP contribution in [0, 0.1) is 12.8 Å². The summed E-state index contributed by atoms with van der Waals surface area (Å²) in [7, 11) is 0. The van der Waals surface area contributed by atoms with Gasteiger partial charge in [-0.2, -0.15) is 0 Å². The first kappa shape index (κ1) is 25.5. The van der Waals surface area contributed by atoms with Gasteiger partial charge in [0.15, 0.2) is 0 Å². The van der Waals surface area contributed by atoms with E-state index in [0.29, 0.717) is 11.3 Å². The van der Waals surface area contributed by atoms with Crippen molar-refractivity contribution in [1.29, 1.82) is 5.41 Å². The maximum Gasteiger partial charge on any atom is 1.00 e. The number of hydrogen-bond acceptors (Lipinski definition) is 3. The molecule has 2 aromatic rings. The van der Waals surface area contributed by atoms with Gasteiger partial charge >= 0.3 is 64.2 Å².